The van der Waals surface area contributed by atoms with Gasteiger partial charge >= 0.3 is 6.18 Å². The Labute approximate surface area is 179 Å². The van der Waals surface area contributed by atoms with Gasteiger partial charge in [-0.15, -0.1) is 5.10 Å². The summed E-state index contributed by atoms with van der Waals surface area (Å²) in [6.45, 7) is 0.169. The highest BCUT2D eigenvalue weighted by Gasteiger charge is 2.34. The van der Waals surface area contributed by atoms with E-state index in [1.165, 1.54) is 30.5 Å². The van der Waals surface area contributed by atoms with Crippen molar-refractivity contribution in [3.8, 4) is 5.75 Å². The summed E-state index contributed by atoms with van der Waals surface area (Å²) >= 11 is 5.77. The molecule has 1 N–H and O–H groups in total. The first-order valence-electron chi connectivity index (χ1n) is 9.15. The molecule has 0 saturated heterocycles. The molecule has 0 radical (unpaired) electrons. The molecule has 5 nitrogen and oxygen atoms in total. The fourth-order valence-corrected chi connectivity index (χ4v) is 3.69. The molecule has 0 fully saturated rings. The van der Waals surface area contributed by atoms with Crippen LogP contribution in [0.1, 0.15) is 39.4 Å². The molecule has 1 aliphatic heterocycles. The fraction of sp³-hybridized carbons (Fsp3) is 0.190. The summed E-state index contributed by atoms with van der Waals surface area (Å²) in [5.74, 6) is -1.51. The van der Waals surface area contributed by atoms with Gasteiger partial charge < -0.3 is 10.1 Å². The van der Waals surface area contributed by atoms with Crippen molar-refractivity contribution < 1.29 is 27.1 Å². The van der Waals surface area contributed by atoms with E-state index >= 15 is 0 Å². The largest absolute Gasteiger partial charge is 0.493 e. The third-order valence-corrected chi connectivity index (χ3v) is 5.08. The third kappa shape index (κ3) is 4.46. The first-order chi connectivity index (χ1) is 14.7. The van der Waals surface area contributed by atoms with E-state index in [2.05, 4.69) is 15.5 Å². The molecule has 0 bridgehead atoms. The number of rotatable bonds is 3. The van der Waals surface area contributed by atoms with Gasteiger partial charge in [-0.2, -0.15) is 18.3 Å². The quantitative estimate of drug-likeness (QED) is 0.537. The van der Waals surface area contributed by atoms with Gasteiger partial charge in [0.05, 0.1) is 24.1 Å². The number of nitrogens with zero attached hydrogens (tertiary/aromatic N) is 2. The second-order valence-electron chi connectivity index (χ2n) is 6.89. The van der Waals surface area contributed by atoms with Gasteiger partial charge in [0.25, 0.3) is 5.91 Å². The zero-order chi connectivity index (χ0) is 22.2. The predicted molar refractivity (Wildman–Crippen MR) is 105 cm³/mol. The zero-order valence-corrected chi connectivity index (χ0v) is 16.5. The number of carbonyl (C=O) groups is 1. The average Bonchev–Trinajstić information content (AvgIpc) is 2.72. The van der Waals surface area contributed by atoms with Crippen LogP contribution in [0.3, 0.4) is 0 Å². The molecule has 10 heteroatoms. The van der Waals surface area contributed by atoms with Crippen molar-refractivity contribution in [2.24, 2.45) is 0 Å². The first kappa shape index (κ1) is 21.0. The fourth-order valence-electron chi connectivity index (χ4n) is 3.53. The molecule has 1 aromatic heterocycles. The molecule has 1 atom stereocenters. The minimum absolute atomic E-state index is 0.0445. The standard InChI is InChI=1S/C21H14ClF4N3O2/c22-19-9-13(10-27-29-19)28-20(30)16-3-1-11(21(24,25)26)7-17(16)14-5-6-31-18-8-12(23)2-4-15(14)18/h1-4,7-10,14H,5-6H2,(H,28,29,30). The number of ether oxygens (including phenoxy) is 1. The van der Waals surface area contributed by atoms with E-state index in [0.29, 0.717) is 12.0 Å². The lowest BCUT2D eigenvalue weighted by atomic mass is 9.83. The molecule has 3 aromatic rings. The number of benzene rings is 2. The summed E-state index contributed by atoms with van der Waals surface area (Å²) in [5.41, 5.74) is 0.0717. The summed E-state index contributed by atoms with van der Waals surface area (Å²) in [4.78, 5) is 12.9. The van der Waals surface area contributed by atoms with E-state index in [9.17, 15) is 22.4 Å². The Hall–Kier alpha value is -3.20. The Morgan fingerprint density at radius 3 is 2.68 bits per heavy atom. The molecule has 0 aliphatic carbocycles. The van der Waals surface area contributed by atoms with Crippen LogP contribution in [0, 0.1) is 5.82 Å². The number of anilines is 1. The highest BCUT2D eigenvalue weighted by molar-refractivity contribution is 6.29. The van der Waals surface area contributed by atoms with Crippen molar-refractivity contribution in [1.29, 1.82) is 0 Å². The highest BCUT2D eigenvalue weighted by atomic mass is 35.5. The molecule has 160 valence electrons. The van der Waals surface area contributed by atoms with E-state index in [-0.39, 0.29) is 34.3 Å². The number of carbonyl (C=O) groups excluding carboxylic acids is 1. The van der Waals surface area contributed by atoms with Gasteiger partial charge in [0, 0.05) is 29.2 Å². The highest BCUT2D eigenvalue weighted by Crippen LogP contribution is 2.42. The van der Waals surface area contributed by atoms with Crippen molar-refractivity contribution >= 4 is 23.2 Å². The molecule has 4 rings (SSSR count). The smallest absolute Gasteiger partial charge is 0.416 e. The first-order valence-corrected chi connectivity index (χ1v) is 9.53. The lowest BCUT2D eigenvalue weighted by Gasteiger charge is -2.28. The Balaban J connectivity index is 1.79. The maximum absolute atomic E-state index is 13.6. The maximum atomic E-state index is 13.6. The van der Waals surface area contributed by atoms with E-state index in [0.717, 1.165) is 18.2 Å². The maximum Gasteiger partial charge on any atom is 0.416 e. The summed E-state index contributed by atoms with van der Waals surface area (Å²) in [5, 5.41) is 9.82. The van der Waals surface area contributed by atoms with Crippen LogP contribution in [-0.4, -0.2) is 22.7 Å². The molecule has 0 saturated carbocycles. The zero-order valence-electron chi connectivity index (χ0n) is 15.7. The Morgan fingerprint density at radius 2 is 1.94 bits per heavy atom. The molecular weight excluding hydrogens is 438 g/mol. The van der Waals surface area contributed by atoms with Crippen molar-refractivity contribution in [2.45, 2.75) is 18.5 Å². The van der Waals surface area contributed by atoms with Crippen LogP contribution in [0.2, 0.25) is 5.15 Å². The van der Waals surface area contributed by atoms with Crippen LogP contribution in [0.5, 0.6) is 5.75 Å². The number of aromatic nitrogens is 2. The van der Waals surface area contributed by atoms with Crippen molar-refractivity contribution in [1.82, 2.24) is 10.2 Å². The van der Waals surface area contributed by atoms with Crippen LogP contribution in [0.15, 0.2) is 48.7 Å². The van der Waals surface area contributed by atoms with Crippen molar-refractivity contribution in [3.05, 3.63) is 81.9 Å². The lowest BCUT2D eigenvalue weighted by molar-refractivity contribution is -0.137. The summed E-state index contributed by atoms with van der Waals surface area (Å²) in [6, 6.07) is 8.14. The molecule has 1 aliphatic rings. The van der Waals surface area contributed by atoms with Gasteiger partial charge in [0.15, 0.2) is 5.15 Å². The van der Waals surface area contributed by atoms with Crippen LogP contribution >= 0.6 is 11.6 Å². The summed E-state index contributed by atoms with van der Waals surface area (Å²) in [7, 11) is 0. The SMILES string of the molecule is O=C(Nc1cnnc(Cl)c1)c1ccc(C(F)(F)F)cc1C1CCOc2cc(F)ccc21. The molecule has 1 unspecified atom stereocenters. The monoisotopic (exact) mass is 451 g/mol. The number of alkyl halides is 3. The minimum atomic E-state index is -4.59. The second kappa shape index (κ2) is 8.14. The Kier molecular flexibility index (Phi) is 5.53. The molecule has 2 aromatic carbocycles. The van der Waals surface area contributed by atoms with E-state index in [1.807, 2.05) is 0 Å². The van der Waals surface area contributed by atoms with Gasteiger partial charge in [-0.1, -0.05) is 17.7 Å². The predicted octanol–water partition coefficient (Wildman–Crippen LogP) is 5.45. The van der Waals surface area contributed by atoms with Crippen molar-refractivity contribution in [3.63, 3.8) is 0 Å². The van der Waals surface area contributed by atoms with Gasteiger partial charge in [0.2, 0.25) is 0 Å². The Morgan fingerprint density at radius 1 is 1.13 bits per heavy atom. The molecule has 31 heavy (non-hydrogen) atoms. The van der Waals surface area contributed by atoms with E-state index in [4.69, 9.17) is 16.3 Å². The molecule has 2 heterocycles. The number of fused-ring (bicyclic) bond motifs is 1. The topological polar surface area (TPSA) is 64.1 Å². The average molecular weight is 452 g/mol. The number of halogens is 5. The number of amides is 1. The van der Waals surface area contributed by atoms with Crippen molar-refractivity contribution in [2.75, 3.05) is 11.9 Å². The minimum Gasteiger partial charge on any atom is -0.493 e. The number of hydrogen-bond acceptors (Lipinski definition) is 4. The summed E-state index contributed by atoms with van der Waals surface area (Å²) in [6.07, 6.45) is -3.01. The molecule has 0 spiro atoms. The van der Waals surface area contributed by atoms with Gasteiger partial charge in [-0.25, -0.2) is 4.39 Å². The van der Waals surface area contributed by atoms with Crippen LogP contribution in [0.25, 0.3) is 0 Å². The van der Waals surface area contributed by atoms with Crippen LogP contribution in [0.4, 0.5) is 23.2 Å². The molecule has 1 amide bonds. The van der Waals surface area contributed by atoms with Gasteiger partial charge in [0.1, 0.15) is 11.6 Å². The Bertz CT molecular complexity index is 1150. The lowest BCUT2D eigenvalue weighted by Crippen LogP contribution is -2.21. The van der Waals surface area contributed by atoms with E-state index < -0.39 is 29.4 Å². The third-order valence-electron chi connectivity index (χ3n) is 4.90. The van der Waals surface area contributed by atoms with E-state index in [1.54, 1.807) is 0 Å². The number of hydrogen-bond donors (Lipinski definition) is 1. The number of nitrogens with one attached hydrogen (secondary N) is 1. The van der Waals surface area contributed by atoms with Gasteiger partial charge in [-0.3, -0.25) is 4.79 Å². The second-order valence-corrected chi connectivity index (χ2v) is 7.28. The van der Waals surface area contributed by atoms with Crippen LogP contribution < -0.4 is 10.1 Å². The van der Waals surface area contributed by atoms with Gasteiger partial charge in [-0.05, 0) is 36.2 Å². The normalized spacial score (nSPS) is 15.7. The van der Waals surface area contributed by atoms with Crippen LogP contribution in [-0.2, 0) is 6.18 Å². The summed E-state index contributed by atoms with van der Waals surface area (Å²) < 4.78 is 59.3. The molecular formula is C21H14ClF4N3O2.